The number of carbonyl (C=O) groups is 1. The van der Waals surface area contributed by atoms with Crippen LogP contribution in [0.4, 0.5) is 33.3 Å². The molecule has 2 N–H and O–H groups in total. The maximum absolute atomic E-state index is 13.6. The summed E-state index contributed by atoms with van der Waals surface area (Å²) in [5.41, 5.74) is 0.775. The summed E-state index contributed by atoms with van der Waals surface area (Å²) >= 11 is 1.13. The first-order chi connectivity index (χ1) is 21.1. The first-order valence-corrected chi connectivity index (χ1v) is 16.6. The maximum Gasteiger partial charge on any atom is 0.393 e. The topological polar surface area (TPSA) is 91.0 Å². The smallest absolute Gasteiger partial charge is 0.393 e. The molecule has 2 aromatic carbocycles. The Balaban J connectivity index is 1.55. The summed E-state index contributed by atoms with van der Waals surface area (Å²) in [4.78, 5) is 16.0. The van der Waals surface area contributed by atoms with Crippen molar-refractivity contribution >= 4 is 48.5 Å². The van der Waals surface area contributed by atoms with Crippen LogP contribution < -0.4 is 15.4 Å². The lowest BCUT2D eigenvalue weighted by molar-refractivity contribution is -0.132. The highest BCUT2D eigenvalue weighted by atomic mass is 32.2. The number of ether oxygens (including phenoxy) is 1. The van der Waals surface area contributed by atoms with Gasteiger partial charge in [-0.15, -0.1) is 11.3 Å². The van der Waals surface area contributed by atoms with Gasteiger partial charge in [-0.1, -0.05) is 24.0 Å². The van der Waals surface area contributed by atoms with Crippen molar-refractivity contribution in [3.05, 3.63) is 46.8 Å². The minimum atomic E-state index is -4.49. The lowest BCUT2D eigenvalue weighted by Crippen LogP contribution is -2.45. The third-order valence-electron chi connectivity index (χ3n) is 7.02. The van der Waals surface area contributed by atoms with Crippen molar-refractivity contribution in [2.45, 2.75) is 43.0 Å². The number of fused-ring (bicyclic) bond motifs is 1. The van der Waals surface area contributed by atoms with Gasteiger partial charge in [-0.2, -0.15) is 22.0 Å². The van der Waals surface area contributed by atoms with Gasteiger partial charge in [-0.05, 0) is 56.1 Å². The lowest BCUT2D eigenvalue weighted by Gasteiger charge is -2.33. The number of alkyl halides is 5. The van der Waals surface area contributed by atoms with E-state index in [1.807, 2.05) is 30.0 Å². The monoisotopic (exact) mass is 672 g/mol. The van der Waals surface area contributed by atoms with E-state index in [1.165, 1.54) is 12.1 Å². The molecule has 0 radical (unpaired) electrons. The van der Waals surface area contributed by atoms with Gasteiger partial charge in [0.15, 0.2) is 15.6 Å². The Morgan fingerprint density at radius 1 is 1.16 bits per heavy atom. The number of amides is 1. The van der Waals surface area contributed by atoms with E-state index < -0.39 is 34.8 Å². The number of anilines is 2. The van der Waals surface area contributed by atoms with Crippen LogP contribution in [0, 0.1) is 11.8 Å². The quantitative estimate of drug-likeness (QED) is 0.219. The molecule has 0 unspecified atom stereocenters. The summed E-state index contributed by atoms with van der Waals surface area (Å²) in [6.45, 7) is -1.87. The van der Waals surface area contributed by atoms with Crippen LogP contribution in [0.3, 0.4) is 0 Å². The van der Waals surface area contributed by atoms with Gasteiger partial charge in [-0.25, -0.2) is 8.42 Å². The summed E-state index contributed by atoms with van der Waals surface area (Å²) in [7, 11) is -0.0237. The summed E-state index contributed by atoms with van der Waals surface area (Å²) < 4.78 is 95.5. The number of likely N-dealkylation sites (N-methyl/N-ethyl adjacent to an activating group) is 1. The Hall–Kier alpha value is -3.61. The summed E-state index contributed by atoms with van der Waals surface area (Å²) in [5.74, 6) is 5.20. The highest BCUT2D eigenvalue weighted by Crippen LogP contribution is 2.39. The van der Waals surface area contributed by atoms with Crippen molar-refractivity contribution in [1.29, 1.82) is 0 Å². The number of sulfone groups is 1. The molecule has 1 aromatic heterocycles. The Bertz CT molecular complexity index is 1690. The maximum atomic E-state index is 13.6. The first-order valence-electron chi connectivity index (χ1n) is 13.9. The van der Waals surface area contributed by atoms with E-state index in [0.29, 0.717) is 48.2 Å². The van der Waals surface area contributed by atoms with Gasteiger partial charge in [0.1, 0.15) is 0 Å². The number of likely N-dealkylation sites (tertiary alicyclic amines) is 1. The van der Waals surface area contributed by atoms with Crippen LogP contribution >= 0.6 is 11.3 Å². The van der Waals surface area contributed by atoms with Gasteiger partial charge in [0.25, 0.3) is 0 Å². The fraction of sp³-hybridized carbons (Fsp3) is 0.433. The molecule has 0 bridgehead atoms. The van der Waals surface area contributed by atoms with Crippen LogP contribution in [0.25, 0.3) is 10.1 Å². The molecule has 45 heavy (non-hydrogen) atoms. The number of halogens is 5. The minimum absolute atomic E-state index is 0.0321. The van der Waals surface area contributed by atoms with Crippen LogP contribution in [0.5, 0.6) is 5.75 Å². The average Bonchev–Trinajstić information content (AvgIpc) is 3.27. The molecule has 3 aromatic rings. The second-order valence-electron chi connectivity index (χ2n) is 10.9. The molecule has 2 heterocycles. The van der Waals surface area contributed by atoms with Crippen molar-refractivity contribution in [1.82, 2.24) is 9.80 Å². The molecule has 244 valence electrons. The molecule has 0 atom stereocenters. The highest BCUT2D eigenvalue weighted by molar-refractivity contribution is 7.90. The second-order valence-corrected chi connectivity index (χ2v) is 13.9. The van der Waals surface area contributed by atoms with E-state index >= 15 is 0 Å². The minimum Gasteiger partial charge on any atom is -0.433 e. The zero-order valence-electron chi connectivity index (χ0n) is 24.8. The van der Waals surface area contributed by atoms with Crippen molar-refractivity contribution in [2.24, 2.45) is 0 Å². The number of nitrogens with one attached hydrogen (secondary N) is 2. The summed E-state index contributed by atoms with van der Waals surface area (Å²) in [6, 6.07) is 8.60. The molecule has 4 rings (SSSR count). The zero-order valence-corrected chi connectivity index (χ0v) is 26.4. The molecule has 0 spiro atoms. The van der Waals surface area contributed by atoms with E-state index in [0.717, 1.165) is 23.7 Å². The number of thiophene rings is 1. The van der Waals surface area contributed by atoms with Crippen LogP contribution in [-0.2, 0) is 21.1 Å². The van der Waals surface area contributed by atoms with Crippen LogP contribution in [0.15, 0.2) is 41.3 Å². The Kier molecular flexibility index (Phi) is 10.8. The van der Waals surface area contributed by atoms with E-state index in [1.54, 1.807) is 12.1 Å². The third kappa shape index (κ3) is 9.44. The number of benzene rings is 2. The number of piperidine rings is 1. The van der Waals surface area contributed by atoms with Gasteiger partial charge in [0.05, 0.1) is 45.4 Å². The SMILES string of the molecule is CN(C)CC(=O)N1CCC(Nc2cccc3c(CC(F)(F)F)c(C#CCNc4ccc(S(C)(=O)=O)cc4OC(F)F)sc23)CC1. The van der Waals surface area contributed by atoms with Crippen molar-refractivity contribution in [3.8, 4) is 17.6 Å². The average molecular weight is 673 g/mol. The van der Waals surface area contributed by atoms with E-state index in [4.69, 9.17) is 0 Å². The van der Waals surface area contributed by atoms with E-state index in [2.05, 4.69) is 27.2 Å². The van der Waals surface area contributed by atoms with Crippen LogP contribution in [0.1, 0.15) is 23.3 Å². The van der Waals surface area contributed by atoms with Gasteiger partial charge < -0.3 is 25.2 Å². The molecule has 0 saturated carbocycles. The fourth-order valence-corrected chi connectivity index (χ4v) is 6.77. The Labute approximate surface area is 262 Å². The molecule has 1 aliphatic heterocycles. The second kappa shape index (κ2) is 14.2. The molecule has 1 amide bonds. The van der Waals surface area contributed by atoms with Crippen LogP contribution in [-0.4, -0.2) is 89.5 Å². The van der Waals surface area contributed by atoms with E-state index in [9.17, 15) is 35.2 Å². The summed E-state index contributed by atoms with van der Waals surface area (Å²) in [5, 5.41) is 6.66. The number of hydrogen-bond acceptors (Lipinski definition) is 8. The number of carbonyl (C=O) groups excluding carboxylic acids is 1. The number of hydrogen-bond donors (Lipinski definition) is 2. The van der Waals surface area contributed by atoms with Gasteiger partial charge in [-0.3, -0.25) is 4.79 Å². The Morgan fingerprint density at radius 3 is 2.49 bits per heavy atom. The molecule has 15 heteroatoms. The normalized spacial score (nSPS) is 14.5. The number of nitrogens with zero attached hydrogens (tertiary/aromatic N) is 2. The molecule has 1 aliphatic rings. The van der Waals surface area contributed by atoms with E-state index in [-0.39, 0.29) is 39.5 Å². The molecule has 1 fully saturated rings. The summed E-state index contributed by atoms with van der Waals surface area (Å²) in [6.07, 6.45) is -3.36. The first kappa shape index (κ1) is 34.3. The van der Waals surface area contributed by atoms with Crippen LogP contribution in [0.2, 0.25) is 0 Å². The largest absolute Gasteiger partial charge is 0.433 e. The number of rotatable bonds is 10. The van der Waals surface area contributed by atoms with Crippen molar-refractivity contribution < 1.29 is 39.9 Å². The molecular formula is C30H33F5N4O4S2. The molecule has 1 saturated heterocycles. The standard InChI is InChI=1S/C30H33F5N4O4S2/c1-38(2)18-27(40)39-14-11-19(12-15-39)37-24-7-4-6-21-22(17-30(33,34)35)26(44-28(21)24)8-5-13-36-23-10-9-20(45(3,41)42)16-25(23)43-29(31)32/h4,6-7,9-10,16,19,29,36-37H,11-15,17-18H2,1-3H3. The van der Waals surface area contributed by atoms with Crippen molar-refractivity contribution in [3.63, 3.8) is 0 Å². The zero-order chi connectivity index (χ0) is 32.9. The van der Waals surface area contributed by atoms with Crippen molar-refractivity contribution in [2.75, 3.05) is 57.2 Å². The highest BCUT2D eigenvalue weighted by Gasteiger charge is 2.31. The fourth-order valence-electron chi connectivity index (χ4n) is 4.96. The van der Waals surface area contributed by atoms with Gasteiger partial charge in [0, 0.05) is 31.5 Å². The molecular weight excluding hydrogens is 639 g/mol. The van der Waals surface area contributed by atoms with Gasteiger partial charge in [0.2, 0.25) is 5.91 Å². The third-order valence-corrected chi connectivity index (χ3v) is 9.33. The lowest BCUT2D eigenvalue weighted by atomic mass is 10.0. The Morgan fingerprint density at radius 2 is 1.87 bits per heavy atom. The molecule has 0 aliphatic carbocycles. The predicted octanol–water partition coefficient (Wildman–Crippen LogP) is 5.44. The molecule has 8 nitrogen and oxygen atoms in total. The van der Waals surface area contributed by atoms with Gasteiger partial charge >= 0.3 is 12.8 Å². The predicted molar refractivity (Wildman–Crippen MR) is 165 cm³/mol.